The first kappa shape index (κ1) is 13.2. The van der Waals surface area contributed by atoms with Crippen molar-refractivity contribution in [1.82, 2.24) is 0 Å². The molecule has 0 heterocycles. The first-order valence-electron chi connectivity index (χ1n) is 12.2. The number of hydrogen-bond acceptors (Lipinski definition) is 0. The Morgan fingerprint density at radius 3 is 2.52 bits per heavy atom. The molecule has 25 heavy (non-hydrogen) atoms. The van der Waals surface area contributed by atoms with Crippen molar-refractivity contribution in [3.05, 3.63) is 0 Å². The summed E-state index contributed by atoms with van der Waals surface area (Å²) in [7, 11) is 0. The van der Waals surface area contributed by atoms with E-state index in [2.05, 4.69) is 13.8 Å². The van der Waals surface area contributed by atoms with Gasteiger partial charge >= 0.3 is 0 Å². The zero-order valence-corrected chi connectivity index (χ0v) is 16.1. The van der Waals surface area contributed by atoms with Crippen LogP contribution in [-0.4, -0.2) is 0 Å². The van der Waals surface area contributed by atoms with Crippen molar-refractivity contribution < 1.29 is 0 Å². The molecule has 9 saturated carbocycles. The van der Waals surface area contributed by atoms with Crippen LogP contribution in [0.15, 0.2) is 0 Å². The number of fused-ring (bicyclic) bond motifs is 2. The van der Waals surface area contributed by atoms with Gasteiger partial charge in [0, 0.05) is 0 Å². The molecule has 0 aromatic rings. The summed E-state index contributed by atoms with van der Waals surface area (Å²) in [4.78, 5) is 0. The zero-order valence-electron chi connectivity index (χ0n) is 16.1. The third-order valence-corrected chi connectivity index (χ3v) is 14.3. The van der Waals surface area contributed by atoms with Gasteiger partial charge in [0.2, 0.25) is 0 Å². The van der Waals surface area contributed by atoms with Gasteiger partial charge in [-0.15, -0.1) is 0 Å². The maximum atomic E-state index is 2.69. The van der Waals surface area contributed by atoms with Crippen LogP contribution in [0.5, 0.6) is 0 Å². The molecule has 0 N–H and O–H groups in total. The normalized spacial score (nSPS) is 82.3. The average Bonchev–Trinajstić information content (AvgIpc) is 2.57. The van der Waals surface area contributed by atoms with Gasteiger partial charge in [-0.2, -0.15) is 0 Å². The van der Waals surface area contributed by atoms with Crippen LogP contribution in [0.1, 0.15) is 71.6 Å². The molecular weight excluding hydrogens is 300 g/mol. The third-order valence-electron chi connectivity index (χ3n) is 14.3. The molecule has 9 rings (SSSR count). The van der Waals surface area contributed by atoms with Gasteiger partial charge in [0.05, 0.1) is 0 Å². The van der Waals surface area contributed by atoms with Crippen molar-refractivity contribution >= 4 is 0 Å². The molecular formula is C25H34. The summed E-state index contributed by atoms with van der Waals surface area (Å²) in [5, 5.41) is 0. The molecule has 0 aliphatic heterocycles. The summed E-state index contributed by atoms with van der Waals surface area (Å²) in [6.07, 6.45) is 14.8. The molecule has 0 heteroatoms. The second-order valence-corrected chi connectivity index (χ2v) is 12.8. The Kier molecular flexibility index (Phi) is 1.69. The van der Waals surface area contributed by atoms with Gasteiger partial charge in [-0.3, -0.25) is 0 Å². The van der Waals surface area contributed by atoms with Crippen molar-refractivity contribution in [3.8, 4) is 0 Å². The highest BCUT2D eigenvalue weighted by Gasteiger charge is 3.08. The Morgan fingerprint density at radius 2 is 1.80 bits per heavy atom. The van der Waals surface area contributed by atoms with Crippen molar-refractivity contribution in [2.75, 3.05) is 0 Å². The lowest BCUT2D eigenvalue weighted by molar-refractivity contribution is -0.650. The zero-order chi connectivity index (χ0) is 16.1. The monoisotopic (exact) mass is 334 g/mol. The lowest BCUT2D eigenvalue weighted by Gasteiger charge is -3.11. The molecule has 0 saturated heterocycles. The molecule has 134 valence electrons. The van der Waals surface area contributed by atoms with Gasteiger partial charge in [0.1, 0.15) is 0 Å². The molecule has 0 bridgehead atoms. The van der Waals surface area contributed by atoms with Crippen LogP contribution in [-0.2, 0) is 0 Å². The molecule has 3 spiro atoms. The molecule has 14 atom stereocenters. The Bertz CT molecular complexity index is 747. The van der Waals surface area contributed by atoms with E-state index in [1.165, 1.54) is 47.8 Å². The van der Waals surface area contributed by atoms with Crippen molar-refractivity contribution in [2.45, 2.75) is 71.6 Å². The second-order valence-electron chi connectivity index (χ2n) is 12.8. The Balaban J connectivity index is 1.36. The van der Waals surface area contributed by atoms with Crippen LogP contribution in [0.2, 0.25) is 0 Å². The summed E-state index contributed by atoms with van der Waals surface area (Å²) in [5.41, 5.74) is 3.76. The molecule has 9 aliphatic rings. The number of rotatable bonds is 1. The van der Waals surface area contributed by atoms with Crippen LogP contribution in [0, 0.1) is 80.8 Å². The molecule has 0 amide bonds. The molecule has 0 nitrogen and oxygen atoms in total. The third kappa shape index (κ3) is 0.743. The van der Waals surface area contributed by atoms with E-state index in [1.54, 1.807) is 51.4 Å². The fourth-order valence-corrected chi connectivity index (χ4v) is 14.8. The fourth-order valence-electron chi connectivity index (χ4n) is 14.8. The fraction of sp³-hybridized carbons (Fsp3) is 1.00. The minimum atomic E-state index is 0.901. The summed E-state index contributed by atoms with van der Waals surface area (Å²) >= 11 is 0. The van der Waals surface area contributed by atoms with E-state index in [-0.39, 0.29) is 0 Å². The highest BCUT2D eigenvalue weighted by atomic mass is 15.1. The predicted octanol–water partition coefficient (Wildman–Crippen LogP) is 5.77. The van der Waals surface area contributed by atoms with E-state index in [1.807, 2.05) is 0 Å². The predicted molar refractivity (Wildman–Crippen MR) is 97.5 cm³/mol. The maximum absolute atomic E-state index is 2.69. The molecule has 14 unspecified atom stereocenters. The van der Waals surface area contributed by atoms with Crippen LogP contribution >= 0.6 is 0 Å². The summed E-state index contributed by atoms with van der Waals surface area (Å²) in [5.74, 6) is 12.0. The average molecular weight is 335 g/mol. The van der Waals surface area contributed by atoms with Gasteiger partial charge in [-0.05, 0) is 126 Å². The highest BCUT2D eigenvalue weighted by Crippen LogP contribution is 3.13. The summed E-state index contributed by atoms with van der Waals surface area (Å²) in [6.45, 7) is 5.27. The van der Waals surface area contributed by atoms with E-state index >= 15 is 0 Å². The first-order valence-corrected chi connectivity index (χ1v) is 12.2. The molecule has 9 fully saturated rings. The SMILES string of the molecule is CCC1CC2CCC(C)C3C4CC5C4C46CCC54C4C5CCC15C46C23. The van der Waals surface area contributed by atoms with Gasteiger partial charge in [-0.1, -0.05) is 26.7 Å². The molecule has 0 aromatic heterocycles. The molecule has 0 radical (unpaired) electrons. The maximum Gasteiger partial charge on any atom is -0.0100 e. The van der Waals surface area contributed by atoms with Crippen molar-refractivity contribution in [3.63, 3.8) is 0 Å². The van der Waals surface area contributed by atoms with E-state index in [9.17, 15) is 0 Å². The highest BCUT2D eigenvalue weighted by molar-refractivity contribution is 5.55. The molecule has 0 aromatic carbocycles. The standard InChI is InChI=1S/C25H34/c1-3-14-10-13-5-4-12(2)18-15-11-17-20(15)24-9-8-23(17,24)21-16-6-7-22(14,16)25(21,24)19(13)18/h12-21H,3-11H2,1-2H3. The van der Waals surface area contributed by atoms with E-state index in [4.69, 9.17) is 0 Å². The lowest BCUT2D eigenvalue weighted by atomic mass is 8.92. The first-order chi connectivity index (χ1) is 12.2. The van der Waals surface area contributed by atoms with E-state index in [0.29, 0.717) is 0 Å². The van der Waals surface area contributed by atoms with Crippen LogP contribution < -0.4 is 0 Å². The topological polar surface area (TPSA) is 0 Å². The second kappa shape index (κ2) is 3.20. The van der Waals surface area contributed by atoms with Crippen LogP contribution in [0.25, 0.3) is 0 Å². The van der Waals surface area contributed by atoms with Gasteiger partial charge in [0.15, 0.2) is 0 Å². The van der Waals surface area contributed by atoms with Crippen LogP contribution in [0.4, 0.5) is 0 Å². The van der Waals surface area contributed by atoms with Gasteiger partial charge in [0.25, 0.3) is 0 Å². The molecule has 9 aliphatic carbocycles. The van der Waals surface area contributed by atoms with Crippen LogP contribution in [0.3, 0.4) is 0 Å². The number of hydrogen-bond donors (Lipinski definition) is 0. The summed E-state index contributed by atoms with van der Waals surface area (Å²) in [6, 6.07) is 0. The van der Waals surface area contributed by atoms with E-state index < -0.39 is 0 Å². The van der Waals surface area contributed by atoms with Gasteiger partial charge < -0.3 is 0 Å². The van der Waals surface area contributed by atoms with Gasteiger partial charge in [-0.25, -0.2) is 0 Å². The minimum absolute atomic E-state index is 0.901. The van der Waals surface area contributed by atoms with Crippen molar-refractivity contribution in [1.29, 1.82) is 0 Å². The smallest absolute Gasteiger partial charge is 0.0100 e. The Labute approximate surface area is 152 Å². The minimum Gasteiger partial charge on any atom is -0.0651 e. The summed E-state index contributed by atoms with van der Waals surface area (Å²) < 4.78 is 0. The Morgan fingerprint density at radius 1 is 0.880 bits per heavy atom. The Hall–Kier alpha value is 0. The quantitative estimate of drug-likeness (QED) is 0.571. The largest absolute Gasteiger partial charge is 0.0651 e. The van der Waals surface area contributed by atoms with Crippen molar-refractivity contribution in [2.24, 2.45) is 80.8 Å². The lowest BCUT2D eigenvalue weighted by Crippen LogP contribution is -3.07. The van der Waals surface area contributed by atoms with E-state index in [0.717, 1.165) is 39.4 Å².